The molecule has 29 heavy (non-hydrogen) atoms. The summed E-state index contributed by atoms with van der Waals surface area (Å²) in [6.45, 7) is 5.21. The lowest BCUT2D eigenvalue weighted by Crippen LogP contribution is -2.54. The first kappa shape index (κ1) is 20.8. The minimum atomic E-state index is -0.878. The highest BCUT2D eigenvalue weighted by atomic mass is 16.2. The predicted octanol–water partition coefficient (Wildman–Crippen LogP) is 2.72. The van der Waals surface area contributed by atoms with Crippen LogP contribution in [-0.2, 0) is 14.4 Å². The Balaban J connectivity index is 1.64. The Bertz CT molecular complexity index is 838. The molecule has 0 bridgehead atoms. The van der Waals surface area contributed by atoms with E-state index < -0.39 is 17.5 Å². The molecular weight excluding hydrogens is 372 g/mol. The third kappa shape index (κ3) is 4.26. The van der Waals surface area contributed by atoms with E-state index in [4.69, 9.17) is 0 Å². The number of hydrogen-bond donors (Lipinski definition) is 3. The second kappa shape index (κ2) is 8.23. The number of urea groups is 1. The molecule has 2 unspecified atom stereocenters. The summed E-state index contributed by atoms with van der Waals surface area (Å²) in [5.74, 6) is -1.03. The minimum absolute atomic E-state index is 0.0435. The number of hydrogen-bond acceptors (Lipinski definition) is 4. The summed E-state index contributed by atoms with van der Waals surface area (Å²) in [5, 5.41) is 8.30. The molecule has 2 atom stereocenters. The van der Waals surface area contributed by atoms with Gasteiger partial charge in [0.25, 0.3) is 5.91 Å². The van der Waals surface area contributed by atoms with E-state index in [1.54, 1.807) is 38.1 Å². The lowest BCUT2D eigenvalue weighted by molar-refractivity contribution is -0.136. The number of carbonyl (C=O) groups is 4. The van der Waals surface area contributed by atoms with Gasteiger partial charge < -0.3 is 16.0 Å². The van der Waals surface area contributed by atoms with E-state index in [2.05, 4.69) is 16.0 Å². The summed E-state index contributed by atoms with van der Waals surface area (Å²) in [7, 11) is 0. The van der Waals surface area contributed by atoms with Crippen molar-refractivity contribution in [3.63, 3.8) is 0 Å². The van der Waals surface area contributed by atoms with Crippen LogP contribution < -0.4 is 16.0 Å². The average molecular weight is 400 g/mol. The molecule has 3 rings (SSSR count). The number of anilines is 2. The number of nitrogens with one attached hydrogen (secondary N) is 3. The molecule has 1 aromatic carbocycles. The van der Waals surface area contributed by atoms with Gasteiger partial charge in [0.05, 0.1) is 0 Å². The van der Waals surface area contributed by atoms with Gasteiger partial charge in [-0.15, -0.1) is 0 Å². The summed E-state index contributed by atoms with van der Waals surface area (Å²) in [4.78, 5) is 50.7. The van der Waals surface area contributed by atoms with Crippen molar-refractivity contribution in [1.82, 2.24) is 10.2 Å². The summed E-state index contributed by atoms with van der Waals surface area (Å²) < 4.78 is 0. The van der Waals surface area contributed by atoms with Gasteiger partial charge in [-0.2, -0.15) is 0 Å². The Kier molecular flexibility index (Phi) is 5.91. The Morgan fingerprint density at radius 1 is 1.21 bits per heavy atom. The van der Waals surface area contributed by atoms with Gasteiger partial charge in [0, 0.05) is 17.3 Å². The fraction of sp³-hybridized carbons (Fsp3) is 0.524. The van der Waals surface area contributed by atoms with Gasteiger partial charge in [0.2, 0.25) is 11.8 Å². The summed E-state index contributed by atoms with van der Waals surface area (Å²) in [6, 6.07) is 6.23. The maximum Gasteiger partial charge on any atom is 0.325 e. The van der Waals surface area contributed by atoms with Gasteiger partial charge in [0.15, 0.2) is 0 Å². The van der Waals surface area contributed by atoms with Gasteiger partial charge >= 0.3 is 6.03 Å². The molecule has 1 aromatic rings. The molecule has 1 heterocycles. The molecule has 2 aliphatic rings. The van der Waals surface area contributed by atoms with Gasteiger partial charge in [-0.3, -0.25) is 19.3 Å². The SMILES string of the molecule is CC(C)C(=O)Nc1cccc(NC(=O)CN2C(=O)NC3(CCCCC3C)C2=O)c1. The predicted molar refractivity (Wildman–Crippen MR) is 109 cm³/mol. The number of rotatable bonds is 5. The number of carbonyl (C=O) groups excluding carboxylic acids is 4. The molecule has 8 nitrogen and oxygen atoms in total. The molecule has 0 aromatic heterocycles. The van der Waals surface area contributed by atoms with Crippen LogP contribution in [0.2, 0.25) is 0 Å². The fourth-order valence-electron chi connectivity index (χ4n) is 3.94. The van der Waals surface area contributed by atoms with Crippen LogP contribution in [0.3, 0.4) is 0 Å². The first-order valence-electron chi connectivity index (χ1n) is 10.1. The number of imide groups is 1. The zero-order valence-electron chi connectivity index (χ0n) is 17.1. The summed E-state index contributed by atoms with van der Waals surface area (Å²) in [6.07, 6.45) is 3.40. The monoisotopic (exact) mass is 400 g/mol. The minimum Gasteiger partial charge on any atom is -0.326 e. The zero-order chi connectivity index (χ0) is 21.2. The van der Waals surface area contributed by atoms with E-state index in [9.17, 15) is 19.2 Å². The Hall–Kier alpha value is -2.90. The highest BCUT2D eigenvalue weighted by Crippen LogP contribution is 2.38. The highest BCUT2D eigenvalue weighted by molar-refractivity contribution is 6.10. The van der Waals surface area contributed by atoms with Crippen LogP contribution in [0.15, 0.2) is 24.3 Å². The fourth-order valence-corrected chi connectivity index (χ4v) is 3.94. The molecule has 3 N–H and O–H groups in total. The van der Waals surface area contributed by atoms with Crippen LogP contribution in [0.5, 0.6) is 0 Å². The van der Waals surface area contributed by atoms with Crippen LogP contribution >= 0.6 is 0 Å². The summed E-state index contributed by atoms with van der Waals surface area (Å²) in [5.41, 5.74) is 0.159. The molecule has 1 saturated carbocycles. The van der Waals surface area contributed by atoms with E-state index in [0.29, 0.717) is 17.8 Å². The normalized spacial score (nSPS) is 24.0. The second-order valence-electron chi connectivity index (χ2n) is 8.21. The molecule has 2 fully saturated rings. The van der Waals surface area contributed by atoms with Crippen molar-refractivity contribution in [3.8, 4) is 0 Å². The molecule has 1 aliphatic heterocycles. The van der Waals surface area contributed by atoms with Crippen LogP contribution in [0.1, 0.15) is 46.5 Å². The number of benzene rings is 1. The lowest BCUT2D eigenvalue weighted by Gasteiger charge is -2.36. The standard InChI is InChI=1S/C21H28N4O4/c1-13(2)18(27)23-16-9-6-8-15(11-16)22-17(26)12-25-19(28)21(24-20(25)29)10-5-4-7-14(21)3/h6,8-9,11,13-14H,4-5,7,10,12H2,1-3H3,(H,22,26)(H,23,27)(H,24,29). The van der Waals surface area contributed by atoms with Gasteiger partial charge in [-0.1, -0.05) is 39.7 Å². The van der Waals surface area contributed by atoms with Crippen molar-refractivity contribution < 1.29 is 19.2 Å². The molecule has 8 heteroatoms. The van der Waals surface area contributed by atoms with E-state index >= 15 is 0 Å². The van der Waals surface area contributed by atoms with E-state index in [1.807, 2.05) is 6.92 Å². The zero-order valence-corrected chi connectivity index (χ0v) is 17.1. The smallest absolute Gasteiger partial charge is 0.325 e. The van der Waals surface area contributed by atoms with E-state index in [1.165, 1.54) is 0 Å². The first-order valence-corrected chi connectivity index (χ1v) is 10.1. The quantitative estimate of drug-likeness (QED) is 0.661. The first-order chi connectivity index (χ1) is 13.7. The topological polar surface area (TPSA) is 108 Å². The van der Waals surface area contributed by atoms with Crippen molar-refractivity contribution >= 4 is 35.1 Å². The van der Waals surface area contributed by atoms with Crippen LogP contribution in [-0.4, -0.2) is 40.7 Å². The van der Waals surface area contributed by atoms with Crippen LogP contribution in [0, 0.1) is 11.8 Å². The van der Waals surface area contributed by atoms with Crippen LogP contribution in [0.25, 0.3) is 0 Å². The van der Waals surface area contributed by atoms with Gasteiger partial charge in [-0.25, -0.2) is 4.79 Å². The molecule has 1 aliphatic carbocycles. The molecule has 156 valence electrons. The third-order valence-corrected chi connectivity index (χ3v) is 5.74. The molecule has 1 spiro atoms. The highest BCUT2D eigenvalue weighted by Gasteiger charge is 2.55. The summed E-state index contributed by atoms with van der Waals surface area (Å²) >= 11 is 0. The molecule has 5 amide bonds. The van der Waals surface area contributed by atoms with Crippen molar-refractivity contribution in [2.75, 3.05) is 17.2 Å². The van der Waals surface area contributed by atoms with Crippen molar-refractivity contribution in [2.45, 2.75) is 52.0 Å². The van der Waals surface area contributed by atoms with Crippen molar-refractivity contribution in [3.05, 3.63) is 24.3 Å². The Morgan fingerprint density at radius 2 is 1.90 bits per heavy atom. The maximum atomic E-state index is 12.9. The largest absolute Gasteiger partial charge is 0.326 e. The third-order valence-electron chi connectivity index (χ3n) is 5.74. The second-order valence-corrected chi connectivity index (χ2v) is 8.21. The van der Waals surface area contributed by atoms with Crippen LogP contribution in [0.4, 0.5) is 16.2 Å². The molecular formula is C21H28N4O4. The molecule has 0 radical (unpaired) electrons. The van der Waals surface area contributed by atoms with Gasteiger partial charge in [0.1, 0.15) is 12.1 Å². The van der Waals surface area contributed by atoms with E-state index in [0.717, 1.165) is 24.2 Å². The number of nitrogens with zero attached hydrogens (tertiary/aromatic N) is 1. The Morgan fingerprint density at radius 3 is 2.55 bits per heavy atom. The van der Waals surface area contributed by atoms with E-state index in [-0.39, 0.29) is 30.2 Å². The maximum absolute atomic E-state index is 12.9. The number of amides is 5. The Labute approximate surface area is 170 Å². The lowest BCUT2D eigenvalue weighted by atomic mass is 9.73. The molecule has 1 saturated heterocycles. The van der Waals surface area contributed by atoms with Crippen molar-refractivity contribution in [2.24, 2.45) is 11.8 Å². The van der Waals surface area contributed by atoms with Gasteiger partial charge in [-0.05, 0) is 37.0 Å². The average Bonchev–Trinajstić information content (AvgIpc) is 2.89. The van der Waals surface area contributed by atoms with Crippen molar-refractivity contribution in [1.29, 1.82) is 0 Å².